The highest BCUT2D eigenvalue weighted by molar-refractivity contribution is 6.00. The topological polar surface area (TPSA) is 84.1 Å². The lowest BCUT2D eigenvalue weighted by molar-refractivity contribution is -0.119. The molecule has 1 aliphatic heterocycles. The molecule has 0 saturated carbocycles. The summed E-state index contributed by atoms with van der Waals surface area (Å²) >= 11 is 0. The zero-order chi connectivity index (χ0) is 10.1. The predicted octanol–water partition coefficient (Wildman–Crippen LogP) is -0.808. The van der Waals surface area contributed by atoms with Crippen LogP contribution in [0.2, 0.25) is 0 Å². The molecular formula is C8H11N5O. The second-order valence-corrected chi connectivity index (χ2v) is 3.14. The first-order valence-electron chi connectivity index (χ1n) is 4.27. The van der Waals surface area contributed by atoms with Gasteiger partial charge in [0, 0.05) is 13.6 Å². The standard InChI is InChI=1S/C8H11N5O/c1-13-6-3-10-4-12-7(6)11-2-5(9)8(13)14/h3-5H,2,9H2,1H3,(H,10,11,12)/t5-/m0/s1. The van der Waals surface area contributed by atoms with Crippen LogP contribution >= 0.6 is 0 Å². The number of hydrogen-bond donors (Lipinski definition) is 2. The van der Waals surface area contributed by atoms with Crippen molar-refractivity contribution in [3.05, 3.63) is 12.5 Å². The van der Waals surface area contributed by atoms with E-state index in [2.05, 4.69) is 15.3 Å². The summed E-state index contributed by atoms with van der Waals surface area (Å²) in [6.45, 7) is 0.396. The van der Waals surface area contributed by atoms with Crippen molar-refractivity contribution in [3.63, 3.8) is 0 Å². The number of aromatic nitrogens is 2. The zero-order valence-corrected chi connectivity index (χ0v) is 7.77. The Hall–Kier alpha value is -1.69. The highest BCUT2D eigenvalue weighted by Gasteiger charge is 2.25. The minimum atomic E-state index is -0.533. The molecule has 0 saturated heterocycles. The minimum Gasteiger partial charge on any atom is -0.366 e. The van der Waals surface area contributed by atoms with Crippen molar-refractivity contribution in [1.82, 2.24) is 9.97 Å². The molecule has 1 aromatic rings. The van der Waals surface area contributed by atoms with Gasteiger partial charge in [0.2, 0.25) is 5.91 Å². The molecule has 6 nitrogen and oxygen atoms in total. The molecule has 0 unspecified atom stereocenters. The van der Waals surface area contributed by atoms with Gasteiger partial charge in [0.1, 0.15) is 18.1 Å². The monoisotopic (exact) mass is 193 g/mol. The van der Waals surface area contributed by atoms with Gasteiger partial charge in [0.05, 0.1) is 6.20 Å². The molecule has 2 rings (SSSR count). The van der Waals surface area contributed by atoms with Crippen LogP contribution in [0.5, 0.6) is 0 Å². The first kappa shape index (κ1) is 8.89. The molecule has 0 bridgehead atoms. The Bertz CT molecular complexity index is 367. The summed E-state index contributed by atoms with van der Waals surface area (Å²) in [7, 11) is 1.66. The van der Waals surface area contributed by atoms with Gasteiger partial charge < -0.3 is 16.0 Å². The molecule has 0 aliphatic carbocycles. The summed E-state index contributed by atoms with van der Waals surface area (Å²) in [4.78, 5) is 21.0. The average Bonchev–Trinajstić information content (AvgIpc) is 2.32. The van der Waals surface area contributed by atoms with Gasteiger partial charge >= 0.3 is 0 Å². The van der Waals surface area contributed by atoms with Crippen LogP contribution in [0, 0.1) is 0 Å². The molecule has 2 heterocycles. The number of fused-ring (bicyclic) bond motifs is 1. The Labute approximate surface area is 81.1 Å². The number of nitrogens with two attached hydrogens (primary N) is 1. The number of amides is 1. The van der Waals surface area contributed by atoms with Gasteiger partial charge in [-0.3, -0.25) is 4.79 Å². The molecule has 1 atom stereocenters. The summed E-state index contributed by atoms with van der Waals surface area (Å²) in [6.07, 6.45) is 3.02. The van der Waals surface area contributed by atoms with Crippen molar-refractivity contribution >= 4 is 17.4 Å². The Morgan fingerprint density at radius 2 is 2.50 bits per heavy atom. The Morgan fingerprint density at radius 3 is 3.29 bits per heavy atom. The van der Waals surface area contributed by atoms with E-state index in [9.17, 15) is 4.79 Å². The predicted molar refractivity (Wildman–Crippen MR) is 51.9 cm³/mol. The average molecular weight is 193 g/mol. The third-order valence-electron chi connectivity index (χ3n) is 2.19. The SMILES string of the molecule is CN1C(=O)[C@@H](N)CNc2ncncc21. The van der Waals surface area contributed by atoms with E-state index in [1.54, 1.807) is 13.2 Å². The molecule has 0 aromatic carbocycles. The number of likely N-dealkylation sites (N-methyl/N-ethyl adjacent to an activating group) is 1. The Kier molecular flexibility index (Phi) is 2.05. The van der Waals surface area contributed by atoms with Gasteiger partial charge in [-0.1, -0.05) is 0 Å². The number of rotatable bonds is 0. The van der Waals surface area contributed by atoms with Crippen LogP contribution in [0.15, 0.2) is 12.5 Å². The van der Waals surface area contributed by atoms with Gasteiger partial charge in [0.15, 0.2) is 5.82 Å². The maximum absolute atomic E-state index is 11.6. The molecule has 6 heteroatoms. The van der Waals surface area contributed by atoms with Gasteiger partial charge in [-0.25, -0.2) is 9.97 Å². The molecule has 14 heavy (non-hydrogen) atoms. The smallest absolute Gasteiger partial charge is 0.245 e. The largest absolute Gasteiger partial charge is 0.366 e. The molecule has 0 fully saturated rings. The normalized spacial score (nSPS) is 21.1. The van der Waals surface area contributed by atoms with E-state index >= 15 is 0 Å². The second kappa shape index (κ2) is 3.22. The van der Waals surface area contributed by atoms with E-state index < -0.39 is 6.04 Å². The lowest BCUT2D eigenvalue weighted by Crippen LogP contribution is -2.43. The van der Waals surface area contributed by atoms with Gasteiger partial charge in [-0.15, -0.1) is 0 Å². The molecular weight excluding hydrogens is 182 g/mol. The molecule has 1 aromatic heterocycles. The lowest BCUT2D eigenvalue weighted by Gasteiger charge is -2.16. The molecule has 1 aliphatic rings. The van der Waals surface area contributed by atoms with Crippen LogP contribution in [0.3, 0.4) is 0 Å². The fourth-order valence-corrected chi connectivity index (χ4v) is 1.37. The van der Waals surface area contributed by atoms with E-state index in [0.717, 1.165) is 0 Å². The lowest BCUT2D eigenvalue weighted by atomic mass is 10.3. The number of nitrogens with one attached hydrogen (secondary N) is 1. The third-order valence-corrected chi connectivity index (χ3v) is 2.19. The summed E-state index contributed by atoms with van der Waals surface area (Å²) < 4.78 is 0. The highest BCUT2D eigenvalue weighted by atomic mass is 16.2. The van der Waals surface area contributed by atoms with Crippen molar-refractivity contribution < 1.29 is 4.79 Å². The van der Waals surface area contributed by atoms with Crippen LogP contribution in [-0.4, -0.2) is 35.5 Å². The van der Waals surface area contributed by atoms with Crippen molar-refractivity contribution in [3.8, 4) is 0 Å². The first-order chi connectivity index (χ1) is 6.70. The molecule has 0 spiro atoms. The summed E-state index contributed by atoms with van der Waals surface area (Å²) in [5.41, 5.74) is 6.30. The first-order valence-corrected chi connectivity index (χ1v) is 4.27. The van der Waals surface area contributed by atoms with Crippen LogP contribution in [0.4, 0.5) is 11.5 Å². The van der Waals surface area contributed by atoms with E-state index in [-0.39, 0.29) is 5.91 Å². The molecule has 1 amide bonds. The number of hydrogen-bond acceptors (Lipinski definition) is 5. The van der Waals surface area contributed by atoms with Crippen molar-refractivity contribution in [2.45, 2.75) is 6.04 Å². The summed E-state index contributed by atoms with van der Waals surface area (Å²) in [5, 5.41) is 3.00. The highest BCUT2D eigenvalue weighted by Crippen LogP contribution is 2.23. The summed E-state index contributed by atoms with van der Waals surface area (Å²) in [6, 6.07) is -0.533. The van der Waals surface area contributed by atoms with Gasteiger partial charge in [-0.2, -0.15) is 0 Å². The van der Waals surface area contributed by atoms with Crippen molar-refractivity contribution in [2.75, 3.05) is 23.8 Å². The fourth-order valence-electron chi connectivity index (χ4n) is 1.37. The molecule has 3 N–H and O–H groups in total. The number of carbonyl (C=O) groups excluding carboxylic acids is 1. The number of carbonyl (C=O) groups is 1. The third kappa shape index (κ3) is 1.29. The number of anilines is 2. The summed E-state index contributed by atoms with van der Waals surface area (Å²) in [5.74, 6) is 0.509. The Morgan fingerprint density at radius 1 is 1.71 bits per heavy atom. The van der Waals surface area contributed by atoms with E-state index in [4.69, 9.17) is 5.73 Å². The molecule has 0 radical (unpaired) electrons. The Balaban J connectivity index is 2.45. The second-order valence-electron chi connectivity index (χ2n) is 3.14. The van der Waals surface area contributed by atoms with Crippen molar-refractivity contribution in [2.24, 2.45) is 5.73 Å². The maximum atomic E-state index is 11.6. The van der Waals surface area contributed by atoms with E-state index in [1.807, 2.05) is 0 Å². The van der Waals surface area contributed by atoms with E-state index in [0.29, 0.717) is 18.1 Å². The van der Waals surface area contributed by atoms with Gasteiger partial charge in [-0.05, 0) is 0 Å². The maximum Gasteiger partial charge on any atom is 0.245 e. The minimum absolute atomic E-state index is 0.133. The quantitative estimate of drug-likeness (QED) is 0.563. The van der Waals surface area contributed by atoms with E-state index in [1.165, 1.54) is 11.2 Å². The number of nitrogens with zero attached hydrogens (tertiary/aromatic N) is 3. The fraction of sp³-hybridized carbons (Fsp3) is 0.375. The van der Waals surface area contributed by atoms with Gasteiger partial charge in [0.25, 0.3) is 0 Å². The van der Waals surface area contributed by atoms with Crippen molar-refractivity contribution in [1.29, 1.82) is 0 Å². The molecule has 74 valence electrons. The van der Waals surface area contributed by atoms with Crippen LogP contribution in [0.1, 0.15) is 0 Å². The van der Waals surface area contributed by atoms with Crippen LogP contribution in [-0.2, 0) is 4.79 Å². The van der Waals surface area contributed by atoms with Crippen LogP contribution in [0.25, 0.3) is 0 Å². The van der Waals surface area contributed by atoms with Crippen LogP contribution < -0.4 is 16.0 Å². The zero-order valence-electron chi connectivity index (χ0n) is 7.77.